The van der Waals surface area contributed by atoms with E-state index < -0.39 is 5.91 Å². The number of aryl methyl sites for hydroxylation is 1. The Kier molecular flexibility index (Phi) is 2.75. The van der Waals surface area contributed by atoms with E-state index in [9.17, 15) is 4.79 Å². The third-order valence-corrected chi connectivity index (χ3v) is 3.08. The highest BCUT2D eigenvalue weighted by Gasteiger charge is 2.10. The summed E-state index contributed by atoms with van der Waals surface area (Å²) in [5, 5.41) is 0.534. The first kappa shape index (κ1) is 9.55. The van der Waals surface area contributed by atoms with Crippen molar-refractivity contribution in [2.24, 2.45) is 5.73 Å². The average Bonchev–Trinajstić information content (AvgIpc) is 2.00. The summed E-state index contributed by atoms with van der Waals surface area (Å²) in [5.74, 6) is -0.483. The molecule has 1 rings (SSSR count). The average molecular weight is 249 g/mol. The molecule has 0 spiro atoms. The minimum atomic E-state index is -0.483. The summed E-state index contributed by atoms with van der Waals surface area (Å²) in [6.07, 6.45) is 0. The zero-order valence-corrected chi connectivity index (χ0v) is 8.74. The molecule has 0 aromatic heterocycles. The third kappa shape index (κ3) is 1.62. The lowest BCUT2D eigenvalue weighted by molar-refractivity contribution is 0.0999. The molecule has 1 amide bonds. The van der Waals surface area contributed by atoms with E-state index in [1.165, 1.54) is 0 Å². The van der Waals surface area contributed by atoms with Crippen molar-refractivity contribution in [3.05, 3.63) is 32.8 Å². The van der Waals surface area contributed by atoms with E-state index in [2.05, 4.69) is 15.9 Å². The first-order valence-electron chi connectivity index (χ1n) is 3.28. The van der Waals surface area contributed by atoms with Gasteiger partial charge < -0.3 is 5.73 Å². The van der Waals surface area contributed by atoms with Crippen LogP contribution in [0.2, 0.25) is 5.02 Å². The fourth-order valence-corrected chi connectivity index (χ4v) is 1.64. The monoisotopic (exact) mass is 247 g/mol. The van der Waals surface area contributed by atoms with Crippen molar-refractivity contribution < 1.29 is 4.79 Å². The van der Waals surface area contributed by atoms with E-state index in [0.717, 1.165) is 5.56 Å². The van der Waals surface area contributed by atoms with Gasteiger partial charge in [0.2, 0.25) is 5.91 Å². The van der Waals surface area contributed by atoms with Crippen LogP contribution >= 0.6 is 27.5 Å². The molecule has 2 nitrogen and oxygen atoms in total. The van der Waals surface area contributed by atoms with Crippen molar-refractivity contribution in [3.63, 3.8) is 0 Å². The summed E-state index contributed by atoms with van der Waals surface area (Å²) < 4.78 is 0.566. The van der Waals surface area contributed by atoms with E-state index in [4.69, 9.17) is 17.3 Å². The Morgan fingerprint density at radius 3 is 2.67 bits per heavy atom. The molecule has 0 saturated heterocycles. The number of hydrogen-bond donors (Lipinski definition) is 1. The van der Waals surface area contributed by atoms with Gasteiger partial charge in [0.25, 0.3) is 0 Å². The SMILES string of the molecule is Cc1ccc(C(N)=O)c(Br)c1Cl. The molecule has 0 saturated carbocycles. The number of carbonyl (C=O) groups is 1. The van der Waals surface area contributed by atoms with Gasteiger partial charge in [0.15, 0.2) is 0 Å². The highest BCUT2D eigenvalue weighted by Crippen LogP contribution is 2.28. The van der Waals surface area contributed by atoms with Crippen LogP contribution in [0.25, 0.3) is 0 Å². The Labute approximate surface area is 83.8 Å². The van der Waals surface area contributed by atoms with Gasteiger partial charge in [-0.05, 0) is 34.5 Å². The van der Waals surface area contributed by atoms with E-state index >= 15 is 0 Å². The molecule has 0 aliphatic carbocycles. The van der Waals surface area contributed by atoms with Gasteiger partial charge in [0, 0.05) is 4.47 Å². The molecule has 0 aliphatic heterocycles. The van der Waals surface area contributed by atoms with Gasteiger partial charge in [-0.2, -0.15) is 0 Å². The summed E-state index contributed by atoms with van der Waals surface area (Å²) in [6, 6.07) is 3.40. The second-order valence-corrected chi connectivity index (χ2v) is 3.59. The van der Waals surface area contributed by atoms with Crippen LogP contribution in [0, 0.1) is 6.92 Å². The van der Waals surface area contributed by atoms with E-state index in [1.54, 1.807) is 12.1 Å². The summed E-state index contributed by atoms with van der Waals surface area (Å²) in [5.41, 5.74) is 6.42. The lowest BCUT2D eigenvalue weighted by atomic mass is 10.1. The third-order valence-electron chi connectivity index (χ3n) is 1.54. The quantitative estimate of drug-likeness (QED) is 0.815. The first-order chi connectivity index (χ1) is 5.54. The van der Waals surface area contributed by atoms with E-state index in [0.29, 0.717) is 15.1 Å². The van der Waals surface area contributed by atoms with Gasteiger partial charge in [-0.1, -0.05) is 17.7 Å². The zero-order chi connectivity index (χ0) is 9.30. The van der Waals surface area contributed by atoms with Crippen LogP contribution in [0.15, 0.2) is 16.6 Å². The van der Waals surface area contributed by atoms with Crippen LogP contribution in [-0.4, -0.2) is 5.91 Å². The molecular weight excluding hydrogens is 241 g/mol. The van der Waals surface area contributed by atoms with Gasteiger partial charge in [-0.3, -0.25) is 4.79 Å². The molecule has 0 aliphatic rings. The number of carbonyl (C=O) groups excluding carboxylic acids is 1. The molecule has 2 N–H and O–H groups in total. The van der Waals surface area contributed by atoms with Gasteiger partial charge in [-0.15, -0.1) is 0 Å². The summed E-state index contributed by atoms with van der Waals surface area (Å²) >= 11 is 9.07. The number of nitrogens with two attached hydrogens (primary N) is 1. The number of hydrogen-bond acceptors (Lipinski definition) is 1. The zero-order valence-electron chi connectivity index (χ0n) is 6.40. The normalized spacial score (nSPS) is 9.92. The molecule has 0 unspecified atom stereocenters. The second-order valence-electron chi connectivity index (χ2n) is 2.42. The topological polar surface area (TPSA) is 43.1 Å². The minimum Gasteiger partial charge on any atom is -0.366 e. The van der Waals surface area contributed by atoms with E-state index in [1.807, 2.05) is 6.92 Å². The van der Waals surface area contributed by atoms with Crippen molar-refractivity contribution in [2.75, 3.05) is 0 Å². The first-order valence-corrected chi connectivity index (χ1v) is 4.45. The molecule has 12 heavy (non-hydrogen) atoms. The number of amides is 1. The van der Waals surface area contributed by atoms with Gasteiger partial charge in [0.1, 0.15) is 0 Å². The van der Waals surface area contributed by atoms with Crippen LogP contribution in [0.4, 0.5) is 0 Å². The molecule has 0 radical (unpaired) electrons. The van der Waals surface area contributed by atoms with Crippen molar-refractivity contribution in [3.8, 4) is 0 Å². The molecule has 64 valence electrons. The summed E-state index contributed by atoms with van der Waals surface area (Å²) in [4.78, 5) is 10.8. The predicted octanol–water partition coefficient (Wildman–Crippen LogP) is 2.51. The number of halogens is 2. The lowest BCUT2D eigenvalue weighted by Crippen LogP contribution is -2.11. The van der Waals surface area contributed by atoms with Crippen molar-refractivity contribution in [1.29, 1.82) is 0 Å². The molecule has 0 atom stereocenters. The van der Waals surface area contributed by atoms with Crippen LogP contribution < -0.4 is 5.73 Å². The molecular formula is C8H7BrClNO. The molecule has 1 aromatic carbocycles. The number of primary amides is 1. The molecule has 0 heterocycles. The summed E-state index contributed by atoms with van der Waals surface area (Å²) in [7, 11) is 0. The Hall–Kier alpha value is -0.540. The molecule has 0 fully saturated rings. The smallest absolute Gasteiger partial charge is 0.249 e. The van der Waals surface area contributed by atoms with Crippen LogP contribution in [0.5, 0.6) is 0 Å². The second kappa shape index (κ2) is 3.46. The minimum absolute atomic E-state index is 0.408. The maximum absolute atomic E-state index is 10.8. The van der Waals surface area contributed by atoms with Crippen LogP contribution in [-0.2, 0) is 0 Å². The van der Waals surface area contributed by atoms with Gasteiger partial charge >= 0.3 is 0 Å². The van der Waals surface area contributed by atoms with Crippen molar-refractivity contribution in [2.45, 2.75) is 6.92 Å². The maximum atomic E-state index is 10.8. The highest BCUT2D eigenvalue weighted by atomic mass is 79.9. The highest BCUT2D eigenvalue weighted by molar-refractivity contribution is 9.10. The number of benzene rings is 1. The Morgan fingerprint density at radius 1 is 1.58 bits per heavy atom. The largest absolute Gasteiger partial charge is 0.366 e. The van der Waals surface area contributed by atoms with Gasteiger partial charge in [0.05, 0.1) is 10.6 Å². The summed E-state index contributed by atoms with van der Waals surface area (Å²) in [6.45, 7) is 1.86. The molecule has 1 aromatic rings. The van der Waals surface area contributed by atoms with Crippen LogP contribution in [0.1, 0.15) is 15.9 Å². The lowest BCUT2D eigenvalue weighted by Gasteiger charge is -2.04. The Bertz CT molecular complexity index is 338. The van der Waals surface area contributed by atoms with Crippen LogP contribution in [0.3, 0.4) is 0 Å². The fourth-order valence-electron chi connectivity index (χ4n) is 0.836. The molecule has 0 bridgehead atoms. The predicted molar refractivity (Wildman–Crippen MR) is 52.4 cm³/mol. The van der Waals surface area contributed by atoms with E-state index in [-0.39, 0.29) is 0 Å². The maximum Gasteiger partial charge on any atom is 0.249 e. The standard InChI is InChI=1S/C8H7BrClNO/c1-4-2-3-5(8(11)12)6(9)7(4)10/h2-3H,1H3,(H2,11,12). The van der Waals surface area contributed by atoms with Crippen molar-refractivity contribution in [1.82, 2.24) is 0 Å². The van der Waals surface area contributed by atoms with Crippen molar-refractivity contribution >= 4 is 33.4 Å². The Balaban J connectivity index is 3.36. The fraction of sp³-hybridized carbons (Fsp3) is 0.125. The molecule has 4 heteroatoms. The number of rotatable bonds is 1. The Morgan fingerprint density at radius 2 is 2.17 bits per heavy atom. The van der Waals surface area contributed by atoms with Gasteiger partial charge in [-0.25, -0.2) is 0 Å².